The molecule has 5 heteroatoms. The van der Waals surface area contributed by atoms with E-state index in [1.807, 2.05) is 13.8 Å². The molecule has 0 bridgehead atoms. The van der Waals surface area contributed by atoms with Crippen molar-refractivity contribution in [2.75, 3.05) is 25.1 Å². The number of hydrogen-bond donors (Lipinski definition) is 1. The Morgan fingerprint density at radius 3 is 2.44 bits per heavy atom. The van der Waals surface area contributed by atoms with E-state index in [1.54, 1.807) is 12.1 Å². The van der Waals surface area contributed by atoms with Crippen LogP contribution in [0, 0.1) is 5.41 Å². The van der Waals surface area contributed by atoms with Crippen molar-refractivity contribution < 1.29 is 19.0 Å². The zero-order valence-corrected chi connectivity index (χ0v) is 10.4. The van der Waals surface area contributed by atoms with Gasteiger partial charge in [-0.15, -0.1) is 0 Å². The van der Waals surface area contributed by atoms with Gasteiger partial charge in [-0.1, -0.05) is 0 Å². The summed E-state index contributed by atoms with van der Waals surface area (Å²) in [4.78, 5) is 12.0. The maximum Gasteiger partial charge on any atom is 0.233 e. The third kappa shape index (κ3) is 1.75. The minimum atomic E-state index is -0.554. The number of rotatable bonds is 0. The molecule has 2 heterocycles. The molecule has 0 fully saturated rings. The Hall–Kier alpha value is -1.91. The molecular formula is C13H15NO4. The lowest BCUT2D eigenvalue weighted by Crippen LogP contribution is -2.33. The fraction of sp³-hybridized carbons (Fsp3) is 0.462. The van der Waals surface area contributed by atoms with Crippen molar-refractivity contribution in [3.8, 4) is 17.2 Å². The second kappa shape index (κ2) is 3.80. The van der Waals surface area contributed by atoms with Crippen LogP contribution in [0.4, 0.5) is 5.69 Å². The lowest BCUT2D eigenvalue weighted by atomic mass is 9.94. The Labute approximate surface area is 105 Å². The Morgan fingerprint density at radius 2 is 1.72 bits per heavy atom. The summed E-state index contributed by atoms with van der Waals surface area (Å²) < 4.78 is 16.7. The molecule has 3 rings (SSSR count). The summed E-state index contributed by atoms with van der Waals surface area (Å²) in [6.07, 6.45) is 0. The number of hydrogen-bond acceptors (Lipinski definition) is 4. The summed E-state index contributed by atoms with van der Waals surface area (Å²) in [5, 5.41) is 2.86. The molecule has 1 N–H and O–H groups in total. The van der Waals surface area contributed by atoms with E-state index in [2.05, 4.69) is 5.32 Å². The van der Waals surface area contributed by atoms with Crippen molar-refractivity contribution in [3.63, 3.8) is 0 Å². The van der Waals surface area contributed by atoms with Crippen LogP contribution >= 0.6 is 0 Å². The Balaban J connectivity index is 2.02. The quantitative estimate of drug-likeness (QED) is 0.762. The van der Waals surface area contributed by atoms with E-state index in [1.165, 1.54) is 0 Å². The van der Waals surface area contributed by atoms with Crippen molar-refractivity contribution in [1.29, 1.82) is 0 Å². The molecule has 0 atom stereocenters. The fourth-order valence-corrected chi connectivity index (χ4v) is 1.90. The van der Waals surface area contributed by atoms with Gasteiger partial charge in [0.05, 0.1) is 11.1 Å². The maximum absolute atomic E-state index is 12.0. The van der Waals surface area contributed by atoms with Gasteiger partial charge in [0.25, 0.3) is 0 Å². The van der Waals surface area contributed by atoms with Gasteiger partial charge in [0.1, 0.15) is 25.6 Å². The smallest absolute Gasteiger partial charge is 0.233 e. The Kier molecular flexibility index (Phi) is 2.36. The van der Waals surface area contributed by atoms with Gasteiger partial charge in [-0.3, -0.25) is 4.79 Å². The van der Waals surface area contributed by atoms with Gasteiger partial charge in [0, 0.05) is 12.1 Å². The molecule has 2 aliphatic heterocycles. The minimum absolute atomic E-state index is 0.0575. The number of amides is 1. The predicted octanol–water partition coefficient (Wildman–Crippen LogP) is 1.81. The van der Waals surface area contributed by atoms with Crippen LogP contribution in [-0.2, 0) is 4.79 Å². The molecule has 1 amide bonds. The maximum atomic E-state index is 12.0. The first-order valence-electron chi connectivity index (χ1n) is 5.94. The standard InChI is InChI=1S/C13H15NO4/c1-13(2)7-18-9-6-11-10(16-3-4-17-11)5-8(9)14-12(13)15/h5-6H,3-4,7H2,1-2H3,(H,14,15). The monoisotopic (exact) mass is 249 g/mol. The largest absolute Gasteiger partial charge is 0.490 e. The first-order valence-corrected chi connectivity index (χ1v) is 5.94. The third-order valence-electron chi connectivity index (χ3n) is 3.10. The van der Waals surface area contributed by atoms with E-state index in [0.717, 1.165) is 0 Å². The van der Waals surface area contributed by atoms with Gasteiger partial charge >= 0.3 is 0 Å². The van der Waals surface area contributed by atoms with Crippen molar-refractivity contribution in [1.82, 2.24) is 0 Å². The molecule has 1 aromatic rings. The van der Waals surface area contributed by atoms with Crippen LogP contribution in [0.15, 0.2) is 12.1 Å². The molecule has 96 valence electrons. The molecular weight excluding hydrogens is 234 g/mol. The molecule has 0 spiro atoms. The van der Waals surface area contributed by atoms with Crippen LogP contribution in [0.5, 0.6) is 17.2 Å². The zero-order chi connectivity index (χ0) is 12.8. The van der Waals surface area contributed by atoms with E-state index < -0.39 is 5.41 Å². The van der Waals surface area contributed by atoms with Crippen LogP contribution < -0.4 is 19.5 Å². The minimum Gasteiger partial charge on any atom is -0.490 e. The SMILES string of the molecule is CC1(C)COc2cc3c(cc2NC1=O)OCCO3. The van der Waals surface area contributed by atoms with Gasteiger partial charge < -0.3 is 19.5 Å². The first kappa shape index (κ1) is 11.2. The van der Waals surface area contributed by atoms with E-state index in [-0.39, 0.29) is 5.91 Å². The molecule has 5 nitrogen and oxygen atoms in total. The lowest BCUT2D eigenvalue weighted by molar-refractivity contribution is -0.124. The van der Waals surface area contributed by atoms with Gasteiger partial charge in [0.2, 0.25) is 5.91 Å². The van der Waals surface area contributed by atoms with Crippen LogP contribution in [0.3, 0.4) is 0 Å². The summed E-state index contributed by atoms with van der Waals surface area (Å²) in [7, 11) is 0. The summed E-state index contributed by atoms with van der Waals surface area (Å²) in [6.45, 7) is 5.09. The molecule has 0 saturated carbocycles. The van der Waals surface area contributed by atoms with Crippen molar-refractivity contribution in [2.24, 2.45) is 5.41 Å². The third-order valence-corrected chi connectivity index (χ3v) is 3.10. The molecule has 18 heavy (non-hydrogen) atoms. The topological polar surface area (TPSA) is 56.8 Å². The second-order valence-corrected chi connectivity index (χ2v) is 5.12. The van der Waals surface area contributed by atoms with Crippen molar-refractivity contribution in [2.45, 2.75) is 13.8 Å². The zero-order valence-electron chi connectivity index (χ0n) is 10.4. The molecule has 2 aliphatic rings. The Morgan fingerprint density at radius 1 is 1.06 bits per heavy atom. The normalized spacial score (nSPS) is 20.2. The summed E-state index contributed by atoms with van der Waals surface area (Å²) >= 11 is 0. The summed E-state index contributed by atoms with van der Waals surface area (Å²) in [5.41, 5.74) is 0.0798. The molecule has 1 aromatic carbocycles. The highest BCUT2D eigenvalue weighted by Gasteiger charge is 2.33. The van der Waals surface area contributed by atoms with Gasteiger partial charge in [0.15, 0.2) is 11.5 Å². The predicted molar refractivity (Wildman–Crippen MR) is 65.3 cm³/mol. The molecule has 0 aromatic heterocycles. The number of nitrogens with one attached hydrogen (secondary N) is 1. The highest BCUT2D eigenvalue weighted by molar-refractivity contribution is 5.97. The molecule has 0 saturated heterocycles. The van der Waals surface area contributed by atoms with Crippen molar-refractivity contribution >= 4 is 11.6 Å². The fourth-order valence-electron chi connectivity index (χ4n) is 1.90. The van der Waals surface area contributed by atoms with Gasteiger partial charge in [-0.25, -0.2) is 0 Å². The number of carbonyl (C=O) groups is 1. The van der Waals surface area contributed by atoms with Crippen LogP contribution in [0.2, 0.25) is 0 Å². The van der Waals surface area contributed by atoms with Gasteiger partial charge in [-0.2, -0.15) is 0 Å². The average Bonchev–Trinajstić information content (AvgIpc) is 2.45. The average molecular weight is 249 g/mol. The van der Waals surface area contributed by atoms with E-state index in [4.69, 9.17) is 14.2 Å². The number of carbonyl (C=O) groups excluding carboxylic acids is 1. The van der Waals surface area contributed by atoms with E-state index >= 15 is 0 Å². The number of anilines is 1. The van der Waals surface area contributed by atoms with Gasteiger partial charge in [-0.05, 0) is 13.8 Å². The van der Waals surface area contributed by atoms with E-state index in [0.29, 0.717) is 42.8 Å². The first-order chi connectivity index (χ1) is 8.56. The lowest BCUT2D eigenvalue weighted by Gasteiger charge is -2.20. The van der Waals surface area contributed by atoms with Crippen LogP contribution in [-0.4, -0.2) is 25.7 Å². The van der Waals surface area contributed by atoms with Crippen LogP contribution in [0.1, 0.15) is 13.8 Å². The highest BCUT2D eigenvalue weighted by atomic mass is 16.6. The number of benzene rings is 1. The molecule has 0 radical (unpaired) electrons. The van der Waals surface area contributed by atoms with Crippen LogP contribution in [0.25, 0.3) is 0 Å². The van der Waals surface area contributed by atoms with Crippen molar-refractivity contribution in [3.05, 3.63) is 12.1 Å². The second-order valence-electron chi connectivity index (χ2n) is 5.12. The summed E-state index contributed by atoms with van der Waals surface area (Å²) in [6, 6.07) is 3.52. The highest BCUT2D eigenvalue weighted by Crippen LogP contribution is 2.41. The molecule has 0 aliphatic carbocycles. The number of fused-ring (bicyclic) bond motifs is 2. The van der Waals surface area contributed by atoms with E-state index in [9.17, 15) is 4.79 Å². The molecule has 0 unspecified atom stereocenters. The Bertz CT molecular complexity index is 510. The summed E-state index contributed by atoms with van der Waals surface area (Å²) in [5.74, 6) is 1.87. The number of ether oxygens (including phenoxy) is 3.